The van der Waals surface area contributed by atoms with Crippen LogP contribution in [0, 0.1) is 0 Å². The number of rotatable bonds is 5. The van der Waals surface area contributed by atoms with Crippen LogP contribution in [0.2, 0.25) is 0 Å². The number of benzene rings is 2. The number of aromatic hydroxyl groups is 1. The Morgan fingerprint density at radius 2 is 1.97 bits per heavy atom. The lowest BCUT2D eigenvalue weighted by Crippen LogP contribution is -2.37. The molecule has 1 aromatic heterocycles. The number of ether oxygens (including phenoxy) is 1. The molecule has 2 heterocycles. The van der Waals surface area contributed by atoms with Crippen molar-refractivity contribution in [2.75, 3.05) is 7.11 Å². The molecule has 146 valence electrons. The second-order valence-corrected chi connectivity index (χ2v) is 6.47. The number of phenols is 1. The lowest BCUT2D eigenvalue weighted by Gasteiger charge is -2.19. The number of furan rings is 1. The van der Waals surface area contributed by atoms with Crippen molar-refractivity contribution in [3.8, 4) is 22.8 Å². The first-order valence-electron chi connectivity index (χ1n) is 8.90. The van der Waals surface area contributed by atoms with E-state index in [1.54, 1.807) is 54.9 Å². The van der Waals surface area contributed by atoms with Crippen LogP contribution >= 0.6 is 0 Å². The Bertz CT molecular complexity index is 1120. The van der Waals surface area contributed by atoms with Crippen LogP contribution in [0.25, 0.3) is 16.9 Å². The van der Waals surface area contributed by atoms with E-state index >= 15 is 0 Å². The minimum absolute atomic E-state index is 0.0360. The maximum absolute atomic E-state index is 12.4. The maximum atomic E-state index is 12.4. The normalized spacial score (nSPS) is 14.4. The third-order valence-corrected chi connectivity index (χ3v) is 4.63. The summed E-state index contributed by atoms with van der Waals surface area (Å²) in [4.78, 5) is 24.6. The summed E-state index contributed by atoms with van der Waals surface area (Å²) in [5.41, 5.74) is 2.85. The van der Waals surface area contributed by atoms with Crippen LogP contribution in [0.3, 0.4) is 0 Å². The second-order valence-electron chi connectivity index (χ2n) is 6.47. The Hall–Kier alpha value is -4.00. The number of fused-ring (bicyclic) bond motifs is 1. The van der Waals surface area contributed by atoms with Crippen molar-refractivity contribution in [1.82, 2.24) is 10.6 Å². The molecule has 0 bridgehead atoms. The van der Waals surface area contributed by atoms with Crippen LogP contribution in [-0.2, 0) is 11.3 Å². The van der Waals surface area contributed by atoms with Gasteiger partial charge >= 0.3 is 0 Å². The first kappa shape index (κ1) is 18.4. The molecule has 3 aromatic rings. The van der Waals surface area contributed by atoms with E-state index in [9.17, 15) is 14.7 Å². The zero-order chi connectivity index (χ0) is 20.4. The number of methoxy groups -OCH3 is 1. The quantitative estimate of drug-likeness (QED) is 0.457. The van der Waals surface area contributed by atoms with Gasteiger partial charge in [0.1, 0.15) is 5.76 Å². The Labute approximate surface area is 166 Å². The molecule has 4 rings (SSSR count). The van der Waals surface area contributed by atoms with E-state index in [-0.39, 0.29) is 5.75 Å². The molecule has 1 aliphatic heterocycles. The number of hydrogen-bond donors (Lipinski definition) is 3. The number of hydrogen-bond acceptors (Lipinski definition) is 6. The van der Waals surface area contributed by atoms with Crippen LogP contribution in [0.1, 0.15) is 21.5 Å². The Morgan fingerprint density at radius 3 is 2.69 bits per heavy atom. The van der Waals surface area contributed by atoms with E-state index in [0.29, 0.717) is 34.8 Å². The minimum atomic E-state index is -0.482. The van der Waals surface area contributed by atoms with Crippen molar-refractivity contribution in [2.45, 2.75) is 6.54 Å². The van der Waals surface area contributed by atoms with Gasteiger partial charge in [-0.15, -0.1) is 0 Å². The molecule has 2 amide bonds. The summed E-state index contributed by atoms with van der Waals surface area (Å²) in [6.45, 7) is 0.371. The third-order valence-electron chi connectivity index (χ3n) is 4.63. The molecule has 2 aromatic carbocycles. The number of amides is 2. The number of nitrogens with one attached hydrogen (secondary N) is 2. The van der Waals surface area contributed by atoms with Gasteiger partial charge in [0.05, 0.1) is 18.9 Å². The molecule has 3 N–H and O–H groups in total. The largest absolute Gasteiger partial charge is 0.504 e. The molecule has 0 atom stereocenters. The lowest BCUT2D eigenvalue weighted by molar-refractivity contribution is -0.114. The van der Waals surface area contributed by atoms with Gasteiger partial charge < -0.3 is 19.6 Å². The van der Waals surface area contributed by atoms with E-state index in [0.717, 1.165) is 11.1 Å². The molecule has 29 heavy (non-hydrogen) atoms. The topological polar surface area (TPSA) is 101 Å². The van der Waals surface area contributed by atoms with Crippen LogP contribution in [0.4, 0.5) is 0 Å². The maximum Gasteiger partial charge on any atom is 0.260 e. The highest BCUT2D eigenvalue weighted by atomic mass is 16.5. The average Bonchev–Trinajstić information content (AvgIpc) is 3.25. The average molecular weight is 390 g/mol. The molecule has 0 saturated heterocycles. The minimum Gasteiger partial charge on any atom is -0.504 e. The Kier molecular flexibility index (Phi) is 4.78. The van der Waals surface area contributed by atoms with E-state index < -0.39 is 11.8 Å². The Balaban J connectivity index is 1.62. The smallest absolute Gasteiger partial charge is 0.260 e. The summed E-state index contributed by atoms with van der Waals surface area (Å²) in [5.74, 6) is 0.148. The first-order valence-corrected chi connectivity index (χ1v) is 8.90. The van der Waals surface area contributed by atoms with Gasteiger partial charge in [0.25, 0.3) is 11.8 Å². The summed E-state index contributed by atoms with van der Waals surface area (Å²) in [6, 6.07) is 13.8. The van der Waals surface area contributed by atoms with E-state index in [4.69, 9.17) is 9.15 Å². The van der Waals surface area contributed by atoms with Crippen molar-refractivity contribution in [3.63, 3.8) is 0 Å². The number of phenolic OH excluding ortho intramolecular Hbond substituents is 1. The van der Waals surface area contributed by atoms with Crippen molar-refractivity contribution in [3.05, 3.63) is 77.7 Å². The predicted octanol–water partition coefficient (Wildman–Crippen LogP) is 3.06. The summed E-state index contributed by atoms with van der Waals surface area (Å²) >= 11 is 0. The van der Waals surface area contributed by atoms with Crippen molar-refractivity contribution >= 4 is 17.4 Å². The van der Waals surface area contributed by atoms with Gasteiger partial charge in [-0.05, 0) is 42.0 Å². The summed E-state index contributed by atoms with van der Waals surface area (Å²) in [5, 5.41) is 15.3. The fourth-order valence-corrected chi connectivity index (χ4v) is 3.18. The molecule has 0 spiro atoms. The van der Waals surface area contributed by atoms with Gasteiger partial charge in [0.2, 0.25) is 0 Å². The predicted molar refractivity (Wildman–Crippen MR) is 106 cm³/mol. The van der Waals surface area contributed by atoms with Crippen LogP contribution in [0.5, 0.6) is 11.5 Å². The van der Waals surface area contributed by atoms with Crippen molar-refractivity contribution in [1.29, 1.82) is 0 Å². The first-order chi connectivity index (χ1) is 14.1. The molecule has 7 heteroatoms. The fourth-order valence-electron chi connectivity index (χ4n) is 3.18. The third kappa shape index (κ3) is 3.58. The van der Waals surface area contributed by atoms with E-state index in [2.05, 4.69) is 10.6 Å². The second kappa shape index (κ2) is 7.55. The lowest BCUT2D eigenvalue weighted by atomic mass is 9.93. The standard InChI is InChI=1S/C22H18N2O5/c1-28-20-7-4-13(9-18(20)25)11-23-12-17-16-10-14(19-3-2-8-29-19)5-6-15(16)21(26)24-22(17)27/h2-10,12,23,25H,11H2,1H3,(H,24,26,27)/b17-12-. The Morgan fingerprint density at radius 1 is 1.10 bits per heavy atom. The van der Waals surface area contributed by atoms with Crippen molar-refractivity contribution in [2.24, 2.45) is 0 Å². The molecule has 7 nitrogen and oxygen atoms in total. The molecular weight excluding hydrogens is 372 g/mol. The highest BCUT2D eigenvalue weighted by Gasteiger charge is 2.27. The zero-order valence-corrected chi connectivity index (χ0v) is 15.6. The van der Waals surface area contributed by atoms with Gasteiger partial charge in [-0.2, -0.15) is 0 Å². The monoisotopic (exact) mass is 390 g/mol. The van der Waals surface area contributed by atoms with Crippen LogP contribution in [0.15, 0.2) is 65.4 Å². The zero-order valence-electron chi connectivity index (χ0n) is 15.6. The van der Waals surface area contributed by atoms with Gasteiger partial charge in [0.15, 0.2) is 11.5 Å². The number of imide groups is 1. The summed E-state index contributed by atoms with van der Waals surface area (Å²) < 4.78 is 10.4. The highest BCUT2D eigenvalue weighted by molar-refractivity contribution is 6.31. The van der Waals surface area contributed by atoms with Gasteiger partial charge in [-0.25, -0.2) is 0 Å². The fraction of sp³-hybridized carbons (Fsp3) is 0.0909. The van der Waals surface area contributed by atoms with Crippen LogP contribution in [-0.4, -0.2) is 24.0 Å². The van der Waals surface area contributed by atoms with Crippen molar-refractivity contribution < 1.29 is 23.8 Å². The molecule has 0 saturated carbocycles. The van der Waals surface area contributed by atoms with E-state index in [1.807, 2.05) is 6.07 Å². The highest BCUT2D eigenvalue weighted by Crippen LogP contribution is 2.30. The SMILES string of the molecule is COc1ccc(CN/C=C2\C(=O)NC(=O)c3ccc(-c4ccco4)cc32)cc1O. The van der Waals surface area contributed by atoms with E-state index in [1.165, 1.54) is 7.11 Å². The van der Waals surface area contributed by atoms with Gasteiger partial charge in [0, 0.05) is 29.4 Å². The molecular formula is C22H18N2O5. The molecule has 1 aliphatic rings. The van der Waals surface area contributed by atoms with Gasteiger partial charge in [-0.1, -0.05) is 12.1 Å². The number of carbonyl (C=O) groups excluding carboxylic acids is 2. The molecule has 0 radical (unpaired) electrons. The summed E-state index contributed by atoms with van der Waals surface area (Å²) in [7, 11) is 1.48. The molecule has 0 unspecified atom stereocenters. The number of carbonyl (C=O) groups is 2. The molecule has 0 aliphatic carbocycles. The summed E-state index contributed by atoms with van der Waals surface area (Å²) in [6.07, 6.45) is 3.13. The molecule has 0 fully saturated rings. The van der Waals surface area contributed by atoms with Gasteiger partial charge in [-0.3, -0.25) is 14.9 Å². The van der Waals surface area contributed by atoms with Crippen LogP contribution < -0.4 is 15.4 Å².